The number of allylic oxidation sites excluding steroid dienone is 1. The van der Waals surface area contributed by atoms with Crippen molar-refractivity contribution >= 4 is 52.2 Å². The smallest absolute Gasteiger partial charge is 0.267 e. The quantitative estimate of drug-likeness (QED) is 0.216. The predicted octanol–water partition coefficient (Wildman–Crippen LogP) is 6.45. The number of fused-ring (bicyclic) bond motifs is 2. The first-order chi connectivity index (χ1) is 16.5. The summed E-state index contributed by atoms with van der Waals surface area (Å²) in [7, 11) is 0. The number of carbonyl (C=O) groups is 2. The van der Waals surface area contributed by atoms with E-state index in [-0.39, 0.29) is 32.5 Å². The minimum atomic E-state index is -0.496. The molecular formula is C26H13Cl2N3O3. The van der Waals surface area contributed by atoms with Gasteiger partial charge in [-0.3, -0.25) is 14.2 Å². The van der Waals surface area contributed by atoms with E-state index in [4.69, 9.17) is 27.6 Å². The predicted molar refractivity (Wildman–Crippen MR) is 130 cm³/mol. The van der Waals surface area contributed by atoms with Crippen LogP contribution in [0.2, 0.25) is 10.0 Å². The summed E-state index contributed by atoms with van der Waals surface area (Å²) in [6.07, 6.45) is 1.43. The summed E-state index contributed by atoms with van der Waals surface area (Å²) in [6, 6.07) is 21.9. The van der Waals surface area contributed by atoms with E-state index >= 15 is 0 Å². The molecule has 0 radical (unpaired) electrons. The van der Waals surface area contributed by atoms with Crippen LogP contribution in [0.25, 0.3) is 34.6 Å². The van der Waals surface area contributed by atoms with Crippen LogP contribution in [-0.4, -0.2) is 26.1 Å². The maximum absolute atomic E-state index is 13.1. The number of ketones is 2. The highest BCUT2D eigenvalue weighted by molar-refractivity contribution is 6.49. The normalized spacial score (nSPS) is 13.1. The van der Waals surface area contributed by atoms with Crippen molar-refractivity contribution in [2.45, 2.75) is 0 Å². The number of Topliss-reactive ketones (excluding diaryl/α,β-unsaturated/α-hetero) is 2. The Morgan fingerprint density at radius 1 is 0.765 bits per heavy atom. The number of benzene rings is 3. The maximum atomic E-state index is 13.1. The lowest BCUT2D eigenvalue weighted by atomic mass is 10.1. The molecule has 2 heterocycles. The number of rotatable bonds is 3. The Bertz CT molecular complexity index is 1610. The number of imidazole rings is 1. The number of aromatic nitrogens is 3. The van der Waals surface area contributed by atoms with Gasteiger partial charge in [0.15, 0.2) is 11.6 Å². The Morgan fingerprint density at radius 2 is 1.35 bits per heavy atom. The molecule has 0 unspecified atom stereocenters. The van der Waals surface area contributed by atoms with Crippen molar-refractivity contribution in [1.82, 2.24) is 14.5 Å². The molecule has 34 heavy (non-hydrogen) atoms. The summed E-state index contributed by atoms with van der Waals surface area (Å²) in [4.78, 5) is 35.4. The lowest BCUT2D eigenvalue weighted by Gasteiger charge is -2.05. The fraction of sp³-hybridized carbons (Fsp3) is 0. The van der Waals surface area contributed by atoms with Crippen LogP contribution in [0.15, 0.2) is 82.8 Å². The van der Waals surface area contributed by atoms with Gasteiger partial charge in [-0.05, 0) is 42.5 Å². The van der Waals surface area contributed by atoms with E-state index in [2.05, 4.69) is 9.97 Å². The van der Waals surface area contributed by atoms with E-state index in [0.29, 0.717) is 17.4 Å². The van der Waals surface area contributed by atoms with Gasteiger partial charge in [0.05, 0.1) is 26.7 Å². The monoisotopic (exact) mass is 485 g/mol. The summed E-state index contributed by atoms with van der Waals surface area (Å²) in [5.41, 5.74) is 2.44. The van der Waals surface area contributed by atoms with Gasteiger partial charge in [0.2, 0.25) is 11.5 Å². The third-order valence-electron chi connectivity index (χ3n) is 5.60. The van der Waals surface area contributed by atoms with Crippen molar-refractivity contribution in [3.05, 3.63) is 105 Å². The van der Waals surface area contributed by atoms with Gasteiger partial charge < -0.3 is 4.42 Å². The zero-order valence-corrected chi connectivity index (χ0v) is 18.8. The van der Waals surface area contributed by atoms with Crippen LogP contribution in [0.4, 0.5) is 0 Å². The van der Waals surface area contributed by atoms with Crippen LogP contribution in [-0.2, 0) is 0 Å². The van der Waals surface area contributed by atoms with Crippen molar-refractivity contribution in [1.29, 1.82) is 0 Å². The van der Waals surface area contributed by atoms with E-state index in [1.165, 1.54) is 18.2 Å². The SMILES string of the molecule is O=C1C(=Cc2nc3oc(-c4ccccc4)nc3n2-c2ccccc2)C(=O)c2c(Cl)ccc(Cl)c21. The first-order valence-electron chi connectivity index (χ1n) is 10.3. The molecule has 0 amide bonds. The molecule has 0 spiro atoms. The zero-order chi connectivity index (χ0) is 23.4. The van der Waals surface area contributed by atoms with Gasteiger partial charge in [-0.15, -0.1) is 0 Å². The van der Waals surface area contributed by atoms with Gasteiger partial charge in [-0.2, -0.15) is 9.97 Å². The molecule has 0 saturated carbocycles. The summed E-state index contributed by atoms with van der Waals surface area (Å²) in [5, 5.41) is 0.353. The minimum Gasteiger partial charge on any atom is -0.416 e. The van der Waals surface area contributed by atoms with Crippen molar-refractivity contribution < 1.29 is 14.0 Å². The highest BCUT2D eigenvalue weighted by atomic mass is 35.5. The molecule has 0 atom stereocenters. The zero-order valence-electron chi connectivity index (χ0n) is 17.3. The lowest BCUT2D eigenvalue weighted by Crippen LogP contribution is -2.04. The summed E-state index contributed by atoms with van der Waals surface area (Å²) in [5.74, 6) is -0.251. The molecule has 164 valence electrons. The molecule has 0 bridgehead atoms. The van der Waals surface area contributed by atoms with E-state index in [1.54, 1.807) is 4.57 Å². The molecule has 5 aromatic rings. The molecule has 8 heteroatoms. The number of nitrogens with zero attached hydrogens (tertiary/aromatic N) is 3. The summed E-state index contributed by atoms with van der Waals surface area (Å²) < 4.78 is 7.67. The number of carbonyl (C=O) groups excluding carboxylic acids is 2. The topological polar surface area (TPSA) is 78.0 Å². The number of oxazole rings is 1. The van der Waals surface area contributed by atoms with Gasteiger partial charge in [0.25, 0.3) is 5.71 Å². The number of halogens is 2. The average Bonchev–Trinajstić information content (AvgIpc) is 3.49. The van der Waals surface area contributed by atoms with E-state index in [9.17, 15) is 9.59 Å². The molecular weight excluding hydrogens is 473 g/mol. The summed E-state index contributed by atoms with van der Waals surface area (Å²) >= 11 is 12.4. The number of hydrogen-bond donors (Lipinski definition) is 0. The van der Waals surface area contributed by atoms with Crippen LogP contribution in [0.3, 0.4) is 0 Å². The standard InChI is InChI=1S/C26H13Cl2N3O3/c27-17-11-12-18(28)21-20(17)22(32)16(23(21)33)13-19-29-26-24(31(19)15-9-5-2-6-10-15)30-25(34-26)14-7-3-1-4-8-14/h1-13H. The molecule has 1 aliphatic rings. The molecule has 0 N–H and O–H groups in total. The molecule has 6 nitrogen and oxygen atoms in total. The van der Waals surface area contributed by atoms with E-state index in [0.717, 1.165) is 11.3 Å². The van der Waals surface area contributed by atoms with Gasteiger partial charge in [0.1, 0.15) is 5.82 Å². The van der Waals surface area contributed by atoms with E-state index in [1.807, 2.05) is 60.7 Å². The number of para-hydroxylation sites is 1. The molecule has 3 aromatic carbocycles. The molecule has 1 aliphatic carbocycles. The second kappa shape index (κ2) is 7.80. The highest BCUT2D eigenvalue weighted by Gasteiger charge is 2.37. The van der Waals surface area contributed by atoms with Crippen molar-refractivity contribution in [3.8, 4) is 17.1 Å². The van der Waals surface area contributed by atoms with Gasteiger partial charge >= 0.3 is 0 Å². The minimum absolute atomic E-state index is 0.0712. The van der Waals surface area contributed by atoms with Crippen molar-refractivity contribution in [2.75, 3.05) is 0 Å². The Balaban J connectivity index is 1.55. The van der Waals surface area contributed by atoms with Gasteiger partial charge in [-0.25, -0.2) is 0 Å². The third kappa shape index (κ3) is 3.11. The van der Waals surface area contributed by atoms with Crippen LogP contribution in [0.1, 0.15) is 26.5 Å². The molecule has 0 aliphatic heterocycles. The fourth-order valence-corrected chi connectivity index (χ4v) is 4.53. The first-order valence-corrected chi connectivity index (χ1v) is 11.1. The highest BCUT2D eigenvalue weighted by Crippen LogP contribution is 2.37. The summed E-state index contributed by atoms with van der Waals surface area (Å²) in [6.45, 7) is 0. The van der Waals surface area contributed by atoms with Crippen LogP contribution < -0.4 is 0 Å². The van der Waals surface area contributed by atoms with E-state index < -0.39 is 11.6 Å². The Labute approximate surface area is 203 Å². The van der Waals surface area contributed by atoms with Crippen LogP contribution in [0, 0.1) is 0 Å². The first kappa shape index (κ1) is 20.6. The average molecular weight is 486 g/mol. The third-order valence-corrected chi connectivity index (χ3v) is 6.23. The van der Waals surface area contributed by atoms with Crippen molar-refractivity contribution in [3.63, 3.8) is 0 Å². The Kier molecular flexibility index (Phi) is 4.72. The van der Waals surface area contributed by atoms with Crippen LogP contribution in [0.5, 0.6) is 0 Å². The molecule has 0 saturated heterocycles. The van der Waals surface area contributed by atoms with Gasteiger partial charge in [-0.1, -0.05) is 59.6 Å². The fourth-order valence-electron chi connectivity index (χ4n) is 4.05. The molecule has 6 rings (SSSR count). The van der Waals surface area contributed by atoms with Crippen molar-refractivity contribution in [2.24, 2.45) is 0 Å². The second-order valence-corrected chi connectivity index (χ2v) is 8.46. The number of hydrogen-bond acceptors (Lipinski definition) is 5. The maximum Gasteiger partial charge on any atom is 0.267 e. The Morgan fingerprint density at radius 3 is 1.97 bits per heavy atom. The second-order valence-electron chi connectivity index (χ2n) is 7.65. The largest absolute Gasteiger partial charge is 0.416 e. The van der Waals surface area contributed by atoms with Crippen LogP contribution >= 0.6 is 23.2 Å². The molecule has 2 aromatic heterocycles. The Hall–Kier alpha value is -4.00. The van der Waals surface area contributed by atoms with Gasteiger partial charge in [0, 0.05) is 11.3 Å². The molecule has 0 fully saturated rings. The lowest BCUT2D eigenvalue weighted by molar-refractivity contribution is 0.0990.